The van der Waals surface area contributed by atoms with Gasteiger partial charge in [0, 0.05) is 24.9 Å². The van der Waals surface area contributed by atoms with Crippen LogP contribution in [-0.4, -0.2) is 37.1 Å². The van der Waals surface area contributed by atoms with Crippen LogP contribution < -0.4 is 10.6 Å². The highest BCUT2D eigenvalue weighted by Gasteiger charge is 2.21. The quantitative estimate of drug-likeness (QED) is 0.245. The minimum Gasteiger partial charge on any atom is -0.356 e. The van der Waals surface area contributed by atoms with Gasteiger partial charge >= 0.3 is 0 Å². The maximum Gasteiger partial charge on any atom is 0.191 e. The lowest BCUT2D eigenvalue weighted by molar-refractivity contribution is 0.419. The number of hydrogen-bond donors (Lipinski definition) is 2. The second kappa shape index (κ2) is 11.9. The molecule has 0 aromatic heterocycles. The van der Waals surface area contributed by atoms with Gasteiger partial charge in [-0.05, 0) is 38.9 Å². The number of nitrogens with one attached hydrogen (secondary N) is 2. The molecule has 19 heavy (non-hydrogen) atoms. The Bertz CT molecular complexity index is 282. The Morgan fingerprint density at radius 2 is 2.21 bits per heavy atom. The molecule has 1 fully saturated rings. The molecule has 1 saturated carbocycles. The molecule has 0 amide bonds. The minimum absolute atomic E-state index is 0. The van der Waals surface area contributed by atoms with E-state index in [9.17, 15) is 0 Å². The van der Waals surface area contributed by atoms with Gasteiger partial charge in [0.2, 0.25) is 0 Å². The van der Waals surface area contributed by atoms with Crippen molar-refractivity contribution in [3.63, 3.8) is 0 Å². The topological polar surface area (TPSA) is 36.4 Å². The van der Waals surface area contributed by atoms with Crippen LogP contribution in [0, 0.1) is 0 Å². The zero-order valence-corrected chi connectivity index (χ0v) is 15.5. The molecule has 0 aliphatic heterocycles. The van der Waals surface area contributed by atoms with E-state index in [-0.39, 0.29) is 24.0 Å². The average molecular weight is 397 g/mol. The van der Waals surface area contributed by atoms with Gasteiger partial charge in [0.1, 0.15) is 0 Å². The van der Waals surface area contributed by atoms with Gasteiger partial charge in [-0.25, -0.2) is 0 Å². The van der Waals surface area contributed by atoms with Gasteiger partial charge in [-0.2, -0.15) is 11.8 Å². The molecule has 0 aromatic carbocycles. The van der Waals surface area contributed by atoms with Gasteiger partial charge in [0.05, 0.1) is 0 Å². The molecule has 0 spiro atoms. The Hall–Kier alpha value is 0.0900. The maximum atomic E-state index is 4.29. The fraction of sp³-hybridized carbons (Fsp3) is 0.786. The molecule has 3 nitrogen and oxygen atoms in total. The van der Waals surface area contributed by atoms with E-state index in [2.05, 4.69) is 41.0 Å². The van der Waals surface area contributed by atoms with Crippen molar-refractivity contribution in [1.29, 1.82) is 0 Å². The molecule has 0 saturated heterocycles. The summed E-state index contributed by atoms with van der Waals surface area (Å²) in [5, 5.41) is 7.73. The van der Waals surface area contributed by atoms with Crippen molar-refractivity contribution >= 4 is 41.7 Å². The summed E-state index contributed by atoms with van der Waals surface area (Å²) in [7, 11) is 1.85. The molecule has 5 heteroatoms. The van der Waals surface area contributed by atoms with Crippen molar-refractivity contribution in [1.82, 2.24) is 10.6 Å². The molecule has 0 radical (unpaired) electrons. The van der Waals surface area contributed by atoms with Crippen LogP contribution in [0.15, 0.2) is 17.1 Å². The normalized spacial score (nSPS) is 24.1. The van der Waals surface area contributed by atoms with Gasteiger partial charge in [0.15, 0.2) is 5.96 Å². The summed E-state index contributed by atoms with van der Waals surface area (Å²) in [5.74, 6) is 0.950. The molecular formula is C14H28IN3S. The van der Waals surface area contributed by atoms with Crippen molar-refractivity contribution in [2.75, 3.05) is 19.8 Å². The molecule has 0 heterocycles. The highest BCUT2D eigenvalue weighted by molar-refractivity contribution is 14.0. The van der Waals surface area contributed by atoms with Gasteiger partial charge < -0.3 is 10.6 Å². The van der Waals surface area contributed by atoms with Crippen LogP contribution in [0.3, 0.4) is 0 Å². The van der Waals surface area contributed by atoms with E-state index >= 15 is 0 Å². The summed E-state index contributed by atoms with van der Waals surface area (Å²) in [6.45, 7) is 3.00. The minimum atomic E-state index is 0. The van der Waals surface area contributed by atoms with E-state index in [1.807, 2.05) is 18.8 Å². The molecule has 0 aromatic rings. The molecule has 2 unspecified atom stereocenters. The molecule has 1 aliphatic carbocycles. The number of guanidine groups is 1. The highest BCUT2D eigenvalue weighted by atomic mass is 127. The summed E-state index contributed by atoms with van der Waals surface area (Å²) in [4.78, 5) is 4.29. The second-order valence-corrected chi connectivity index (χ2v) is 5.86. The van der Waals surface area contributed by atoms with E-state index in [0.29, 0.717) is 6.04 Å². The Morgan fingerprint density at radius 1 is 1.42 bits per heavy atom. The van der Waals surface area contributed by atoms with Gasteiger partial charge in [-0.3, -0.25) is 4.99 Å². The predicted molar refractivity (Wildman–Crippen MR) is 98.9 cm³/mol. The van der Waals surface area contributed by atoms with Crippen molar-refractivity contribution in [3.05, 3.63) is 12.2 Å². The predicted octanol–water partition coefficient (Wildman–Crippen LogP) is 3.41. The van der Waals surface area contributed by atoms with Gasteiger partial charge in [-0.15, -0.1) is 24.0 Å². The van der Waals surface area contributed by atoms with E-state index in [0.717, 1.165) is 24.2 Å². The first-order chi connectivity index (χ1) is 8.80. The van der Waals surface area contributed by atoms with Crippen molar-refractivity contribution < 1.29 is 0 Å². The first-order valence-electron chi connectivity index (χ1n) is 6.91. The van der Waals surface area contributed by atoms with E-state index in [4.69, 9.17) is 0 Å². The van der Waals surface area contributed by atoms with Crippen LogP contribution in [0.2, 0.25) is 0 Å². The molecule has 112 valence electrons. The second-order valence-electron chi connectivity index (χ2n) is 4.72. The molecule has 1 rings (SSSR count). The Balaban J connectivity index is 0.00000324. The maximum absolute atomic E-state index is 4.29. The number of aliphatic imine (C=N–C) groups is 1. The third-order valence-electron chi connectivity index (χ3n) is 3.36. The lowest BCUT2D eigenvalue weighted by atomic mass is 9.95. The average Bonchev–Trinajstić information content (AvgIpc) is 2.42. The first kappa shape index (κ1) is 19.1. The van der Waals surface area contributed by atoms with Crippen LogP contribution in [0.4, 0.5) is 0 Å². The summed E-state index contributed by atoms with van der Waals surface area (Å²) in [6, 6.07) is 0.587. The van der Waals surface area contributed by atoms with Gasteiger partial charge in [-0.1, -0.05) is 18.6 Å². The monoisotopic (exact) mass is 397 g/mol. The number of thioether (sulfide) groups is 1. The summed E-state index contributed by atoms with van der Waals surface area (Å²) in [6.07, 6.45) is 12.8. The fourth-order valence-electron chi connectivity index (χ4n) is 2.32. The van der Waals surface area contributed by atoms with E-state index in [1.165, 1.54) is 25.7 Å². The number of nitrogens with zero attached hydrogens (tertiary/aromatic N) is 1. The summed E-state index contributed by atoms with van der Waals surface area (Å²) < 4.78 is 0. The van der Waals surface area contributed by atoms with E-state index < -0.39 is 0 Å². The molecule has 0 bridgehead atoms. The van der Waals surface area contributed by atoms with Gasteiger partial charge in [0.25, 0.3) is 0 Å². The molecule has 2 atom stereocenters. The zero-order chi connectivity index (χ0) is 13.2. The lowest BCUT2D eigenvalue weighted by Gasteiger charge is -2.29. The van der Waals surface area contributed by atoms with Crippen molar-refractivity contribution in [3.8, 4) is 0 Å². The Morgan fingerprint density at radius 3 is 2.84 bits per heavy atom. The number of allylic oxidation sites excluding steroid dienone is 1. The van der Waals surface area contributed by atoms with E-state index in [1.54, 1.807) is 0 Å². The van der Waals surface area contributed by atoms with Crippen LogP contribution >= 0.6 is 35.7 Å². The van der Waals surface area contributed by atoms with Crippen LogP contribution in [-0.2, 0) is 0 Å². The van der Waals surface area contributed by atoms with Crippen molar-refractivity contribution in [2.24, 2.45) is 4.99 Å². The zero-order valence-electron chi connectivity index (χ0n) is 12.3. The number of hydrogen-bond acceptors (Lipinski definition) is 2. The van der Waals surface area contributed by atoms with Crippen LogP contribution in [0.5, 0.6) is 0 Å². The third kappa shape index (κ3) is 8.07. The Kier molecular flexibility index (Phi) is 11.9. The lowest BCUT2D eigenvalue weighted by Crippen LogP contribution is -2.45. The Labute approximate surface area is 139 Å². The summed E-state index contributed by atoms with van der Waals surface area (Å²) in [5.41, 5.74) is 0. The third-order valence-corrected chi connectivity index (χ3v) is 4.46. The molecular weight excluding hydrogens is 369 g/mol. The smallest absolute Gasteiger partial charge is 0.191 e. The largest absolute Gasteiger partial charge is 0.356 e. The first-order valence-corrected chi connectivity index (χ1v) is 8.20. The number of rotatable bonds is 5. The fourth-order valence-corrected chi connectivity index (χ4v) is 3.15. The SMILES string of the molecule is CC=CCCNC(=NC)NC1CCCC(SC)C1.I. The standard InChI is InChI=1S/C14H27N3S.HI/c1-4-5-6-10-16-14(15-2)17-12-8-7-9-13(11-12)18-3;/h4-5,12-13H,6-11H2,1-3H3,(H2,15,16,17);1H. The van der Waals surface area contributed by atoms with Crippen LogP contribution in [0.25, 0.3) is 0 Å². The number of halogens is 1. The molecule has 1 aliphatic rings. The van der Waals surface area contributed by atoms with Crippen molar-refractivity contribution in [2.45, 2.75) is 50.3 Å². The highest BCUT2D eigenvalue weighted by Crippen LogP contribution is 2.26. The summed E-state index contributed by atoms with van der Waals surface area (Å²) >= 11 is 2.00. The van der Waals surface area contributed by atoms with Crippen LogP contribution in [0.1, 0.15) is 39.0 Å². The molecule has 2 N–H and O–H groups in total.